The molecule has 4 nitrogen and oxygen atoms in total. The molecule has 0 radical (unpaired) electrons. The molecule has 0 saturated carbocycles. The molecular weight excluding hydrogens is 252 g/mol. The van der Waals surface area contributed by atoms with Gasteiger partial charge in [-0.2, -0.15) is 0 Å². The van der Waals surface area contributed by atoms with E-state index in [2.05, 4.69) is 15.3 Å². The van der Waals surface area contributed by atoms with Gasteiger partial charge in [-0.25, -0.2) is 18.7 Å². The zero-order valence-electron chi connectivity index (χ0n) is 11.7. The van der Waals surface area contributed by atoms with Crippen LogP contribution in [0.15, 0.2) is 0 Å². The highest BCUT2D eigenvalue weighted by molar-refractivity contribution is 5.45. The Labute approximate surface area is 112 Å². The van der Waals surface area contributed by atoms with Gasteiger partial charge in [0, 0.05) is 24.2 Å². The predicted molar refractivity (Wildman–Crippen MR) is 70.8 cm³/mol. The zero-order valence-corrected chi connectivity index (χ0v) is 11.7. The maximum Gasteiger partial charge on any atom is 0.261 e. The Hall–Kier alpha value is -1.30. The molecular formula is C13H21F2N3O. The average Bonchev–Trinajstić information content (AvgIpc) is 2.38. The van der Waals surface area contributed by atoms with Crippen LogP contribution in [0.4, 0.5) is 14.6 Å². The number of anilines is 1. The van der Waals surface area contributed by atoms with Crippen LogP contribution in [-0.2, 0) is 17.6 Å². The van der Waals surface area contributed by atoms with Gasteiger partial charge in [-0.05, 0) is 20.3 Å². The van der Waals surface area contributed by atoms with Crippen molar-refractivity contribution >= 4 is 5.82 Å². The van der Waals surface area contributed by atoms with Gasteiger partial charge in [0.2, 0.25) is 0 Å². The molecule has 0 aliphatic heterocycles. The fourth-order valence-corrected chi connectivity index (χ4v) is 1.75. The maximum atomic E-state index is 11.9. The van der Waals surface area contributed by atoms with Crippen LogP contribution in [0.1, 0.15) is 30.9 Å². The zero-order chi connectivity index (χ0) is 14.3. The highest BCUT2D eigenvalue weighted by Gasteiger charge is 2.09. The summed E-state index contributed by atoms with van der Waals surface area (Å²) < 4.78 is 28.7. The first-order valence-corrected chi connectivity index (χ1v) is 6.54. The topological polar surface area (TPSA) is 47.0 Å². The Bertz CT molecular complexity index is 400. The lowest BCUT2D eigenvalue weighted by atomic mass is 10.2. The summed E-state index contributed by atoms with van der Waals surface area (Å²) in [4.78, 5) is 8.83. The van der Waals surface area contributed by atoms with Gasteiger partial charge in [-0.3, -0.25) is 0 Å². The smallest absolute Gasteiger partial charge is 0.261 e. The van der Waals surface area contributed by atoms with Crippen LogP contribution in [0, 0.1) is 6.92 Å². The first kappa shape index (κ1) is 15.8. The third-order valence-corrected chi connectivity index (χ3v) is 2.69. The van der Waals surface area contributed by atoms with E-state index < -0.39 is 13.0 Å². The van der Waals surface area contributed by atoms with Gasteiger partial charge in [-0.1, -0.05) is 6.92 Å². The third-order valence-electron chi connectivity index (χ3n) is 2.69. The number of halogens is 2. The summed E-state index contributed by atoms with van der Waals surface area (Å²) in [5.74, 6) is 1.45. The first-order valence-electron chi connectivity index (χ1n) is 6.54. The van der Waals surface area contributed by atoms with Gasteiger partial charge < -0.3 is 10.1 Å². The van der Waals surface area contributed by atoms with E-state index in [4.69, 9.17) is 4.74 Å². The Morgan fingerprint density at radius 3 is 2.58 bits per heavy atom. The molecule has 1 aromatic heterocycles. The van der Waals surface area contributed by atoms with Crippen LogP contribution in [0.5, 0.6) is 0 Å². The molecule has 0 unspecified atom stereocenters. The lowest BCUT2D eigenvalue weighted by Crippen LogP contribution is -2.12. The molecule has 6 heteroatoms. The molecule has 1 aromatic rings. The van der Waals surface area contributed by atoms with Crippen LogP contribution in [0.25, 0.3) is 0 Å². The van der Waals surface area contributed by atoms with Gasteiger partial charge in [0.1, 0.15) is 18.2 Å². The Kier molecular flexibility index (Phi) is 6.62. The van der Waals surface area contributed by atoms with Crippen molar-refractivity contribution in [1.82, 2.24) is 9.97 Å². The molecule has 0 fully saturated rings. The number of nitrogens with zero attached hydrogens (tertiary/aromatic N) is 2. The molecule has 0 saturated heterocycles. The summed E-state index contributed by atoms with van der Waals surface area (Å²) in [6.07, 6.45) is -1.17. The van der Waals surface area contributed by atoms with Gasteiger partial charge in [0.15, 0.2) is 0 Å². The van der Waals surface area contributed by atoms with Crippen LogP contribution in [0.3, 0.4) is 0 Å². The first-order chi connectivity index (χ1) is 9.08. The molecule has 0 aliphatic rings. The second kappa shape index (κ2) is 7.99. The van der Waals surface area contributed by atoms with Crippen LogP contribution in [0.2, 0.25) is 0 Å². The van der Waals surface area contributed by atoms with E-state index in [9.17, 15) is 8.78 Å². The number of hydrogen-bond donors (Lipinski definition) is 1. The van der Waals surface area contributed by atoms with Gasteiger partial charge >= 0.3 is 0 Å². The SMILES string of the molecule is CCNc1nc(CCOCC(F)F)nc(CC)c1C. The van der Waals surface area contributed by atoms with Crippen molar-refractivity contribution in [3.8, 4) is 0 Å². The number of hydrogen-bond acceptors (Lipinski definition) is 4. The van der Waals surface area contributed by atoms with Crippen molar-refractivity contribution < 1.29 is 13.5 Å². The van der Waals surface area contributed by atoms with E-state index in [0.717, 1.165) is 30.0 Å². The molecule has 0 spiro atoms. The molecule has 1 heterocycles. The highest BCUT2D eigenvalue weighted by atomic mass is 19.3. The average molecular weight is 273 g/mol. The molecule has 108 valence electrons. The molecule has 0 bridgehead atoms. The molecule has 1 rings (SSSR count). The number of aryl methyl sites for hydroxylation is 1. The second-order valence-corrected chi connectivity index (χ2v) is 4.16. The normalized spacial score (nSPS) is 11.1. The van der Waals surface area contributed by atoms with Crippen molar-refractivity contribution in [2.75, 3.05) is 25.1 Å². The van der Waals surface area contributed by atoms with Crippen molar-refractivity contribution in [2.45, 2.75) is 40.0 Å². The number of ether oxygens (including phenoxy) is 1. The Morgan fingerprint density at radius 2 is 2.00 bits per heavy atom. The van der Waals surface area contributed by atoms with Gasteiger partial charge in [0.25, 0.3) is 6.43 Å². The van der Waals surface area contributed by atoms with Gasteiger partial charge in [-0.15, -0.1) is 0 Å². The van der Waals surface area contributed by atoms with Crippen molar-refractivity contribution in [1.29, 1.82) is 0 Å². The van der Waals surface area contributed by atoms with Crippen molar-refractivity contribution in [3.05, 3.63) is 17.1 Å². The molecule has 1 N–H and O–H groups in total. The van der Waals surface area contributed by atoms with E-state index >= 15 is 0 Å². The Morgan fingerprint density at radius 1 is 1.26 bits per heavy atom. The maximum absolute atomic E-state index is 11.9. The molecule has 0 aromatic carbocycles. The summed E-state index contributed by atoms with van der Waals surface area (Å²) in [7, 11) is 0. The number of alkyl halides is 2. The third kappa shape index (κ3) is 5.06. The van der Waals surface area contributed by atoms with Crippen molar-refractivity contribution in [2.24, 2.45) is 0 Å². The monoisotopic (exact) mass is 273 g/mol. The largest absolute Gasteiger partial charge is 0.375 e. The molecule has 19 heavy (non-hydrogen) atoms. The Balaban J connectivity index is 2.69. The molecule has 0 aliphatic carbocycles. The van der Waals surface area contributed by atoms with Gasteiger partial charge in [0.05, 0.1) is 6.61 Å². The lowest BCUT2D eigenvalue weighted by molar-refractivity contribution is 0.0183. The van der Waals surface area contributed by atoms with E-state index in [1.54, 1.807) is 0 Å². The summed E-state index contributed by atoms with van der Waals surface area (Å²) in [5.41, 5.74) is 2.02. The minimum Gasteiger partial charge on any atom is -0.375 e. The molecule has 0 atom stereocenters. The molecule has 0 amide bonds. The van der Waals surface area contributed by atoms with Crippen LogP contribution in [-0.4, -0.2) is 36.2 Å². The van der Waals surface area contributed by atoms with Crippen LogP contribution < -0.4 is 5.32 Å². The number of rotatable bonds is 8. The minimum absolute atomic E-state index is 0.210. The highest BCUT2D eigenvalue weighted by Crippen LogP contribution is 2.16. The number of aromatic nitrogens is 2. The second-order valence-electron chi connectivity index (χ2n) is 4.16. The fourth-order valence-electron chi connectivity index (χ4n) is 1.75. The lowest BCUT2D eigenvalue weighted by Gasteiger charge is -2.12. The van der Waals surface area contributed by atoms with E-state index in [1.165, 1.54) is 0 Å². The summed E-state index contributed by atoms with van der Waals surface area (Å²) in [5, 5.41) is 3.19. The standard InChI is InChI=1S/C13H21F2N3O/c1-4-10-9(3)13(16-5-2)18-12(17-10)6-7-19-8-11(14)15/h11H,4-8H2,1-3H3,(H,16,17,18). The quantitative estimate of drug-likeness (QED) is 0.740. The fraction of sp³-hybridized carbons (Fsp3) is 0.692. The van der Waals surface area contributed by atoms with Crippen molar-refractivity contribution in [3.63, 3.8) is 0 Å². The minimum atomic E-state index is -2.43. The van der Waals surface area contributed by atoms with E-state index in [0.29, 0.717) is 12.2 Å². The predicted octanol–water partition coefficient (Wildman–Crippen LogP) is 2.60. The summed E-state index contributed by atoms with van der Waals surface area (Å²) in [6, 6.07) is 0. The van der Waals surface area contributed by atoms with E-state index in [-0.39, 0.29) is 6.61 Å². The van der Waals surface area contributed by atoms with E-state index in [1.807, 2.05) is 20.8 Å². The van der Waals surface area contributed by atoms with Crippen LogP contribution >= 0.6 is 0 Å². The summed E-state index contributed by atoms with van der Waals surface area (Å²) in [6.45, 7) is 6.46. The summed E-state index contributed by atoms with van der Waals surface area (Å²) >= 11 is 0. The number of nitrogens with one attached hydrogen (secondary N) is 1.